The van der Waals surface area contributed by atoms with Crippen molar-refractivity contribution >= 4 is 29.0 Å². The number of ether oxygens (including phenoxy) is 2. The van der Waals surface area contributed by atoms with Gasteiger partial charge in [-0.15, -0.1) is 0 Å². The van der Waals surface area contributed by atoms with Gasteiger partial charge >= 0.3 is 0 Å². The van der Waals surface area contributed by atoms with E-state index in [0.29, 0.717) is 22.3 Å². The van der Waals surface area contributed by atoms with Crippen molar-refractivity contribution in [2.75, 3.05) is 26.1 Å². The van der Waals surface area contributed by atoms with Gasteiger partial charge in [0.15, 0.2) is 5.78 Å². The van der Waals surface area contributed by atoms with E-state index >= 15 is 0 Å². The minimum Gasteiger partial charge on any atom is -0.497 e. The third-order valence-corrected chi connectivity index (χ3v) is 4.56. The molecule has 29 heavy (non-hydrogen) atoms. The maximum Gasteiger partial charge on any atom is 0.227 e. The van der Waals surface area contributed by atoms with Crippen LogP contribution in [0.1, 0.15) is 21.5 Å². The fraction of sp³-hybridized carbons (Fsp3) is 0.227. The molecule has 7 heteroatoms. The molecule has 6 nitrogen and oxygen atoms in total. The van der Waals surface area contributed by atoms with Crippen molar-refractivity contribution in [1.82, 2.24) is 9.97 Å². The van der Waals surface area contributed by atoms with Crippen LogP contribution in [0.2, 0.25) is 5.02 Å². The molecule has 0 fully saturated rings. The van der Waals surface area contributed by atoms with Crippen LogP contribution in [0.15, 0.2) is 54.9 Å². The summed E-state index contributed by atoms with van der Waals surface area (Å²) in [6.07, 6.45) is 5.06. The van der Waals surface area contributed by atoms with Crippen LogP contribution in [0.25, 0.3) is 0 Å². The summed E-state index contributed by atoms with van der Waals surface area (Å²) in [6, 6.07) is 12.9. The maximum atomic E-state index is 12.1. The molecule has 2 aromatic carbocycles. The predicted octanol–water partition coefficient (Wildman–Crippen LogP) is 4.50. The highest BCUT2D eigenvalue weighted by Gasteiger charge is 2.10. The smallest absolute Gasteiger partial charge is 0.227 e. The van der Waals surface area contributed by atoms with E-state index in [1.165, 1.54) is 7.11 Å². The summed E-state index contributed by atoms with van der Waals surface area (Å²) in [5, 5.41) is 3.81. The first-order chi connectivity index (χ1) is 14.1. The largest absolute Gasteiger partial charge is 0.497 e. The molecule has 0 saturated carbocycles. The Morgan fingerprint density at radius 3 is 2.34 bits per heavy atom. The number of carbonyl (C=O) groups is 1. The number of hydrogen-bond donors (Lipinski definition) is 1. The lowest BCUT2D eigenvalue weighted by Crippen LogP contribution is -2.08. The first kappa shape index (κ1) is 20.8. The molecule has 1 heterocycles. The zero-order valence-electron chi connectivity index (χ0n) is 16.3. The van der Waals surface area contributed by atoms with E-state index in [0.717, 1.165) is 29.7 Å². The number of hydrogen-bond acceptors (Lipinski definition) is 6. The van der Waals surface area contributed by atoms with Crippen molar-refractivity contribution in [2.24, 2.45) is 0 Å². The third-order valence-electron chi connectivity index (χ3n) is 4.31. The molecule has 1 aromatic heterocycles. The molecule has 0 aliphatic rings. The van der Waals surface area contributed by atoms with Crippen molar-refractivity contribution in [3.63, 3.8) is 0 Å². The van der Waals surface area contributed by atoms with E-state index in [9.17, 15) is 4.79 Å². The molecule has 0 bridgehead atoms. The quantitative estimate of drug-likeness (QED) is 0.523. The fourth-order valence-corrected chi connectivity index (χ4v) is 2.92. The normalized spacial score (nSPS) is 10.6. The van der Waals surface area contributed by atoms with Gasteiger partial charge < -0.3 is 14.8 Å². The van der Waals surface area contributed by atoms with Gasteiger partial charge in [-0.1, -0.05) is 11.6 Å². The third kappa shape index (κ3) is 6.01. The molecule has 0 aliphatic carbocycles. The summed E-state index contributed by atoms with van der Waals surface area (Å²) < 4.78 is 10.3. The molecule has 3 aromatic rings. The second kappa shape index (κ2) is 10.0. The average molecular weight is 412 g/mol. The van der Waals surface area contributed by atoms with Gasteiger partial charge in [0.25, 0.3) is 0 Å². The Kier molecular flexibility index (Phi) is 7.16. The lowest BCUT2D eigenvalue weighted by atomic mass is 10.0. The molecule has 3 rings (SSSR count). The van der Waals surface area contributed by atoms with Crippen molar-refractivity contribution in [1.29, 1.82) is 0 Å². The standard InChI is InChI=1S/C22H22ClN3O3/c1-28-14-21(27)17-9-15(10-20(11-17)29-2)3-4-16-12-24-22(25-13-16)26-19-7-5-18(23)6-8-19/h5-13H,3-4,14H2,1-2H3,(H,24,25,26). The van der Waals surface area contributed by atoms with E-state index in [1.54, 1.807) is 37.7 Å². The van der Waals surface area contributed by atoms with Gasteiger partial charge in [-0.2, -0.15) is 0 Å². The zero-order valence-corrected chi connectivity index (χ0v) is 17.1. The van der Waals surface area contributed by atoms with Crippen molar-refractivity contribution in [2.45, 2.75) is 12.8 Å². The Hall–Kier alpha value is -2.96. The van der Waals surface area contributed by atoms with E-state index < -0.39 is 0 Å². The van der Waals surface area contributed by atoms with Crippen LogP contribution in [0, 0.1) is 0 Å². The molecule has 1 N–H and O–H groups in total. The van der Waals surface area contributed by atoms with Crippen LogP contribution >= 0.6 is 11.6 Å². The molecule has 150 valence electrons. The summed E-state index contributed by atoms with van der Waals surface area (Å²) in [4.78, 5) is 20.9. The number of anilines is 2. The summed E-state index contributed by atoms with van der Waals surface area (Å²) >= 11 is 5.89. The van der Waals surface area contributed by atoms with Crippen LogP contribution in [0.4, 0.5) is 11.6 Å². The molecule has 0 atom stereocenters. The number of halogens is 1. The average Bonchev–Trinajstić information content (AvgIpc) is 2.75. The van der Waals surface area contributed by atoms with Crippen molar-refractivity contribution < 1.29 is 14.3 Å². The van der Waals surface area contributed by atoms with E-state index in [2.05, 4.69) is 15.3 Å². The maximum absolute atomic E-state index is 12.1. The van der Waals surface area contributed by atoms with Crippen LogP contribution in [-0.2, 0) is 17.6 Å². The highest BCUT2D eigenvalue weighted by Crippen LogP contribution is 2.20. The van der Waals surface area contributed by atoms with E-state index in [1.807, 2.05) is 24.3 Å². The van der Waals surface area contributed by atoms with Crippen LogP contribution < -0.4 is 10.1 Å². The minimum absolute atomic E-state index is 0.0442. The van der Waals surface area contributed by atoms with Crippen molar-refractivity contribution in [3.05, 3.63) is 76.6 Å². The van der Waals surface area contributed by atoms with Gasteiger partial charge in [-0.05, 0) is 66.4 Å². The lowest BCUT2D eigenvalue weighted by molar-refractivity contribution is 0.0847. The van der Waals surface area contributed by atoms with E-state index in [-0.39, 0.29) is 12.4 Å². The fourth-order valence-electron chi connectivity index (χ4n) is 2.80. The summed E-state index contributed by atoms with van der Waals surface area (Å²) in [7, 11) is 3.09. The molecular weight excluding hydrogens is 390 g/mol. The first-order valence-electron chi connectivity index (χ1n) is 9.11. The number of Topliss-reactive ketones (excluding diaryl/α,β-unsaturated/α-hetero) is 1. The number of benzene rings is 2. The predicted molar refractivity (Wildman–Crippen MR) is 113 cm³/mol. The molecule has 0 unspecified atom stereocenters. The summed E-state index contributed by atoms with van der Waals surface area (Å²) in [5.74, 6) is 1.10. The molecule has 0 spiro atoms. The number of aromatic nitrogens is 2. The van der Waals surface area contributed by atoms with Crippen LogP contribution in [-0.4, -0.2) is 36.6 Å². The topological polar surface area (TPSA) is 73.3 Å². The minimum atomic E-state index is -0.0754. The molecule has 0 radical (unpaired) electrons. The number of methoxy groups -OCH3 is 2. The number of carbonyl (C=O) groups excluding carboxylic acids is 1. The molecule has 0 amide bonds. The number of nitrogens with one attached hydrogen (secondary N) is 1. The molecule has 0 aliphatic heterocycles. The van der Waals surface area contributed by atoms with E-state index in [4.69, 9.17) is 21.1 Å². The van der Waals surface area contributed by atoms with Crippen LogP contribution in [0.3, 0.4) is 0 Å². The SMILES string of the molecule is COCC(=O)c1cc(CCc2cnc(Nc3ccc(Cl)cc3)nc2)cc(OC)c1. The number of aryl methyl sites for hydroxylation is 2. The van der Waals surface area contributed by atoms with Crippen LogP contribution in [0.5, 0.6) is 5.75 Å². The summed E-state index contributed by atoms with van der Waals surface area (Å²) in [6.45, 7) is 0.0442. The monoisotopic (exact) mass is 411 g/mol. The Morgan fingerprint density at radius 2 is 1.69 bits per heavy atom. The Morgan fingerprint density at radius 1 is 1.00 bits per heavy atom. The van der Waals surface area contributed by atoms with Crippen molar-refractivity contribution in [3.8, 4) is 5.75 Å². The van der Waals surface area contributed by atoms with Gasteiger partial charge in [0.1, 0.15) is 12.4 Å². The van der Waals surface area contributed by atoms with Gasteiger partial charge in [-0.3, -0.25) is 4.79 Å². The lowest BCUT2D eigenvalue weighted by Gasteiger charge is -2.09. The number of ketones is 1. The number of nitrogens with zero attached hydrogens (tertiary/aromatic N) is 2. The van der Waals surface area contributed by atoms with Gasteiger partial charge in [0.05, 0.1) is 7.11 Å². The summed E-state index contributed by atoms with van der Waals surface area (Å²) in [5.41, 5.74) is 3.46. The number of rotatable bonds is 9. The Balaban J connectivity index is 1.64. The molecule has 0 saturated heterocycles. The first-order valence-corrected chi connectivity index (χ1v) is 9.49. The van der Waals surface area contributed by atoms with Gasteiger partial charge in [0.2, 0.25) is 5.95 Å². The second-order valence-electron chi connectivity index (χ2n) is 6.47. The Bertz CT molecular complexity index is 960. The highest BCUT2D eigenvalue weighted by molar-refractivity contribution is 6.30. The Labute approximate surface area is 174 Å². The van der Waals surface area contributed by atoms with Gasteiger partial charge in [-0.25, -0.2) is 9.97 Å². The zero-order chi connectivity index (χ0) is 20.6. The molecular formula is C22H22ClN3O3. The highest BCUT2D eigenvalue weighted by atomic mass is 35.5. The van der Waals surface area contributed by atoms with Gasteiger partial charge in [0, 0.05) is 35.8 Å². The second-order valence-corrected chi connectivity index (χ2v) is 6.91.